The van der Waals surface area contributed by atoms with Crippen molar-refractivity contribution in [2.75, 3.05) is 34.3 Å². The molecule has 1 amide bonds. The van der Waals surface area contributed by atoms with E-state index >= 15 is 0 Å². The van der Waals surface area contributed by atoms with E-state index in [0.29, 0.717) is 13.2 Å². The molecule has 0 aliphatic rings. The number of halogens is 1. The van der Waals surface area contributed by atoms with Gasteiger partial charge in [0.25, 0.3) is 0 Å². The molecule has 0 aromatic heterocycles. The molecule has 0 bridgehead atoms. The zero-order chi connectivity index (χ0) is 12.7. The van der Waals surface area contributed by atoms with Crippen LogP contribution in [0, 0.1) is 0 Å². The highest BCUT2D eigenvalue weighted by molar-refractivity contribution is 5.67. The van der Waals surface area contributed by atoms with Crippen molar-refractivity contribution in [1.29, 1.82) is 0 Å². The molecule has 0 fully saturated rings. The fourth-order valence-electron chi connectivity index (χ4n) is 1.23. The fourth-order valence-corrected chi connectivity index (χ4v) is 1.23. The topological polar surface area (TPSA) is 38.3 Å². The van der Waals surface area contributed by atoms with Gasteiger partial charge in [-0.1, -0.05) is 30.3 Å². The van der Waals surface area contributed by atoms with Crippen LogP contribution in [-0.4, -0.2) is 44.9 Å². The summed E-state index contributed by atoms with van der Waals surface area (Å²) >= 11 is 0. The summed E-state index contributed by atoms with van der Waals surface area (Å²) in [5, 5.41) is 2.72. The first-order valence-electron chi connectivity index (χ1n) is 5.72. The molecule has 0 unspecified atom stereocenters. The molecule has 5 heteroatoms. The van der Waals surface area contributed by atoms with Gasteiger partial charge in [0.05, 0.1) is 21.1 Å². The molecule has 0 heterocycles. The van der Waals surface area contributed by atoms with Crippen molar-refractivity contribution in [2.24, 2.45) is 0 Å². The van der Waals surface area contributed by atoms with Crippen LogP contribution in [0.1, 0.15) is 5.56 Å². The van der Waals surface area contributed by atoms with E-state index in [1.807, 2.05) is 30.3 Å². The van der Waals surface area contributed by atoms with E-state index in [-0.39, 0.29) is 30.1 Å². The molecule has 4 nitrogen and oxygen atoms in total. The average molecular weight is 364 g/mol. The van der Waals surface area contributed by atoms with Crippen molar-refractivity contribution in [3.8, 4) is 0 Å². The molecular formula is C13H21IN2O2. The van der Waals surface area contributed by atoms with E-state index in [4.69, 9.17) is 4.74 Å². The third kappa shape index (κ3) is 8.30. The minimum Gasteiger partial charge on any atom is -1.00 e. The highest BCUT2D eigenvalue weighted by atomic mass is 127. The number of rotatable bonds is 5. The SMILES string of the molecule is C[N+](C)(C)CCOC(=O)NCc1ccccc1.[I-]. The van der Waals surface area contributed by atoms with Crippen LogP contribution in [0.2, 0.25) is 0 Å². The van der Waals surface area contributed by atoms with Gasteiger partial charge in [0.15, 0.2) is 0 Å². The maximum atomic E-state index is 11.4. The Labute approximate surface area is 126 Å². The number of amides is 1. The Morgan fingerprint density at radius 1 is 1.22 bits per heavy atom. The molecular weight excluding hydrogens is 343 g/mol. The predicted octanol–water partition coefficient (Wildman–Crippen LogP) is -1.38. The second-order valence-electron chi connectivity index (χ2n) is 4.99. The fraction of sp³-hybridized carbons (Fsp3) is 0.462. The molecule has 0 saturated carbocycles. The average Bonchev–Trinajstić information content (AvgIpc) is 2.26. The zero-order valence-electron chi connectivity index (χ0n) is 11.1. The van der Waals surface area contributed by atoms with Crippen molar-refractivity contribution in [3.63, 3.8) is 0 Å². The standard InChI is InChI=1S/C13H20N2O2.HI/c1-15(2,3)9-10-17-13(16)14-11-12-7-5-4-6-8-12;/h4-8H,9-11H2,1-3H3;1H. The number of benzene rings is 1. The van der Waals surface area contributed by atoms with Crippen LogP contribution in [0.25, 0.3) is 0 Å². The third-order valence-corrected chi connectivity index (χ3v) is 2.27. The van der Waals surface area contributed by atoms with Gasteiger partial charge >= 0.3 is 6.09 Å². The minimum absolute atomic E-state index is 0. The maximum absolute atomic E-state index is 11.4. The van der Waals surface area contributed by atoms with Crippen molar-refractivity contribution in [1.82, 2.24) is 5.32 Å². The third-order valence-electron chi connectivity index (χ3n) is 2.27. The van der Waals surface area contributed by atoms with Gasteiger partial charge in [0.2, 0.25) is 0 Å². The van der Waals surface area contributed by atoms with Crippen LogP contribution in [0.15, 0.2) is 30.3 Å². The summed E-state index contributed by atoms with van der Waals surface area (Å²) in [6.07, 6.45) is -0.359. The Morgan fingerprint density at radius 2 is 1.83 bits per heavy atom. The lowest BCUT2D eigenvalue weighted by molar-refractivity contribution is -0.870. The quantitative estimate of drug-likeness (QED) is 0.517. The highest BCUT2D eigenvalue weighted by Gasteiger charge is 2.08. The van der Waals surface area contributed by atoms with Crippen molar-refractivity contribution in [2.45, 2.75) is 6.54 Å². The molecule has 18 heavy (non-hydrogen) atoms. The van der Waals surface area contributed by atoms with Gasteiger partial charge in [-0.05, 0) is 5.56 Å². The van der Waals surface area contributed by atoms with Crippen molar-refractivity contribution in [3.05, 3.63) is 35.9 Å². The summed E-state index contributed by atoms with van der Waals surface area (Å²) < 4.78 is 5.86. The summed E-state index contributed by atoms with van der Waals surface area (Å²) in [7, 11) is 6.18. The molecule has 0 spiro atoms. The lowest BCUT2D eigenvalue weighted by Crippen LogP contribution is -3.00. The second-order valence-corrected chi connectivity index (χ2v) is 4.99. The second kappa shape index (κ2) is 8.31. The number of hydrogen-bond donors (Lipinski definition) is 1. The van der Waals surface area contributed by atoms with Gasteiger partial charge in [0, 0.05) is 6.54 Å². The van der Waals surface area contributed by atoms with E-state index in [2.05, 4.69) is 26.5 Å². The van der Waals surface area contributed by atoms with E-state index < -0.39 is 0 Å². The van der Waals surface area contributed by atoms with Crippen LogP contribution < -0.4 is 29.3 Å². The number of nitrogens with zero attached hydrogens (tertiary/aromatic N) is 1. The smallest absolute Gasteiger partial charge is 0.407 e. The minimum atomic E-state index is -0.359. The summed E-state index contributed by atoms with van der Waals surface area (Å²) in [6, 6.07) is 9.76. The van der Waals surface area contributed by atoms with Gasteiger partial charge in [-0.2, -0.15) is 0 Å². The monoisotopic (exact) mass is 364 g/mol. The zero-order valence-corrected chi connectivity index (χ0v) is 13.3. The molecule has 0 aliphatic heterocycles. The normalized spacial score (nSPS) is 10.4. The van der Waals surface area contributed by atoms with E-state index in [1.165, 1.54) is 0 Å². The molecule has 0 radical (unpaired) electrons. The molecule has 1 aromatic rings. The molecule has 1 rings (SSSR count). The Morgan fingerprint density at radius 3 is 2.39 bits per heavy atom. The summed E-state index contributed by atoms with van der Waals surface area (Å²) in [4.78, 5) is 11.4. The van der Waals surface area contributed by atoms with E-state index in [1.54, 1.807) is 0 Å². The summed E-state index contributed by atoms with van der Waals surface area (Å²) in [5.74, 6) is 0. The number of hydrogen-bond acceptors (Lipinski definition) is 2. The van der Waals surface area contributed by atoms with E-state index in [0.717, 1.165) is 16.6 Å². The van der Waals surface area contributed by atoms with Crippen LogP contribution >= 0.6 is 0 Å². The van der Waals surface area contributed by atoms with E-state index in [9.17, 15) is 4.79 Å². The molecule has 1 N–H and O–H groups in total. The van der Waals surface area contributed by atoms with Gasteiger partial charge < -0.3 is 38.5 Å². The van der Waals surface area contributed by atoms with Crippen LogP contribution in [-0.2, 0) is 11.3 Å². The number of likely N-dealkylation sites (N-methyl/N-ethyl adjacent to an activating group) is 1. The molecule has 0 atom stereocenters. The van der Waals surface area contributed by atoms with Gasteiger partial charge in [-0.15, -0.1) is 0 Å². The lowest BCUT2D eigenvalue weighted by atomic mass is 10.2. The number of carbonyl (C=O) groups is 1. The Balaban J connectivity index is 0.00000289. The Bertz CT molecular complexity index is 350. The predicted molar refractivity (Wildman–Crippen MR) is 67.5 cm³/mol. The number of alkyl carbamates (subject to hydrolysis) is 1. The number of ether oxygens (including phenoxy) is 1. The highest BCUT2D eigenvalue weighted by Crippen LogP contribution is 1.97. The van der Waals surface area contributed by atoms with Crippen LogP contribution in [0.5, 0.6) is 0 Å². The molecule has 102 valence electrons. The Hall–Kier alpha value is -0.820. The van der Waals surface area contributed by atoms with Gasteiger partial charge in [0.1, 0.15) is 13.2 Å². The lowest BCUT2D eigenvalue weighted by Gasteiger charge is -2.23. The van der Waals surface area contributed by atoms with Crippen molar-refractivity contribution < 1.29 is 38.0 Å². The van der Waals surface area contributed by atoms with Crippen LogP contribution in [0.4, 0.5) is 4.79 Å². The molecule has 0 saturated heterocycles. The first kappa shape index (κ1) is 17.2. The first-order valence-corrected chi connectivity index (χ1v) is 5.72. The van der Waals surface area contributed by atoms with Crippen molar-refractivity contribution >= 4 is 6.09 Å². The maximum Gasteiger partial charge on any atom is 0.407 e. The number of carbonyl (C=O) groups excluding carboxylic acids is 1. The molecule has 0 aliphatic carbocycles. The summed E-state index contributed by atoms with van der Waals surface area (Å²) in [6.45, 7) is 1.74. The van der Waals surface area contributed by atoms with Crippen LogP contribution in [0.3, 0.4) is 0 Å². The van der Waals surface area contributed by atoms with Gasteiger partial charge in [-0.25, -0.2) is 4.79 Å². The number of quaternary nitrogens is 1. The largest absolute Gasteiger partial charge is 1.00 e. The summed E-state index contributed by atoms with van der Waals surface area (Å²) in [5.41, 5.74) is 1.07. The Kier molecular flexibility index (Phi) is 7.93. The first-order chi connectivity index (χ1) is 7.97. The van der Waals surface area contributed by atoms with Gasteiger partial charge in [-0.3, -0.25) is 0 Å². The number of nitrogens with one attached hydrogen (secondary N) is 1. The molecule has 1 aromatic carbocycles.